The SMILES string of the molecule is CN(C)C1(Cn2ccc3cc(Nc4ncc5c(=O)n6n(c5n4)-c4cnc5c(c4)N(CCCC=CC6)C(=O)CO5)ccc32)CC1. The highest BCUT2D eigenvalue weighted by atomic mass is 16.5. The van der Waals surface area contributed by atoms with Gasteiger partial charge in [-0.25, -0.2) is 19.3 Å². The first kappa shape index (κ1) is 26.6. The van der Waals surface area contributed by atoms with E-state index in [0.29, 0.717) is 47.3 Å². The Hall–Kier alpha value is -4.97. The van der Waals surface area contributed by atoms with Gasteiger partial charge in [-0.1, -0.05) is 12.2 Å². The van der Waals surface area contributed by atoms with E-state index in [4.69, 9.17) is 9.72 Å². The summed E-state index contributed by atoms with van der Waals surface area (Å²) >= 11 is 0. The van der Waals surface area contributed by atoms with E-state index in [-0.39, 0.29) is 23.6 Å². The van der Waals surface area contributed by atoms with Gasteiger partial charge in [0.2, 0.25) is 11.8 Å². The largest absolute Gasteiger partial charge is 0.466 e. The number of pyridine rings is 1. The highest BCUT2D eigenvalue weighted by Crippen LogP contribution is 2.42. The summed E-state index contributed by atoms with van der Waals surface area (Å²) in [5.41, 5.74) is 3.72. The molecule has 0 radical (unpaired) electrons. The fourth-order valence-electron chi connectivity index (χ4n) is 6.37. The Balaban J connectivity index is 1.18. The summed E-state index contributed by atoms with van der Waals surface area (Å²) in [7, 11) is 4.32. The summed E-state index contributed by atoms with van der Waals surface area (Å²) in [4.78, 5) is 44.2. The lowest BCUT2D eigenvalue weighted by molar-refractivity contribution is -0.121. The van der Waals surface area contributed by atoms with Crippen molar-refractivity contribution in [2.45, 2.75) is 44.3 Å². The van der Waals surface area contributed by atoms with Crippen LogP contribution in [-0.4, -0.2) is 72.5 Å². The molecule has 1 fully saturated rings. The Morgan fingerprint density at radius 3 is 2.80 bits per heavy atom. The Morgan fingerprint density at radius 1 is 1.07 bits per heavy atom. The van der Waals surface area contributed by atoms with Gasteiger partial charge in [-0.05, 0) is 70.1 Å². The molecule has 0 saturated heterocycles. The second-order valence-corrected chi connectivity index (χ2v) is 12.1. The van der Waals surface area contributed by atoms with E-state index >= 15 is 0 Å². The normalized spacial score (nSPS) is 17.3. The molecule has 0 spiro atoms. The van der Waals surface area contributed by atoms with E-state index < -0.39 is 0 Å². The number of likely N-dealkylation sites (N-methyl/N-ethyl adjacent to an activating group) is 1. The predicted octanol–water partition coefficient (Wildman–Crippen LogP) is 3.85. The van der Waals surface area contributed by atoms with E-state index in [1.807, 2.05) is 24.3 Å². The Labute approximate surface area is 253 Å². The first-order valence-corrected chi connectivity index (χ1v) is 15.0. The number of benzene rings is 1. The summed E-state index contributed by atoms with van der Waals surface area (Å²) in [6, 6.07) is 10.2. The number of hydrogen-bond acceptors (Lipinski definition) is 8. The number of nitrogens with one attached hydrogen (secondary N) is 1. The lowest BCUT2D eigenvalue weighted by Crippen LogP contribution is -2.40. The number of rotatable bonds is 5. The van der Waals surface area contributed by atoms with E-state index in [2.05, 4.69) is 63.2 Å². The number of aromatic nitrogens is 6. The van der Waals surface area contributed by atoms with Gasteiger partial charge in [-0.15, -0.1) is 0 Å². The van der Waals surface area contributed by atoms with Crippen LogP contribution in [0.5, 0.6) is 5.88 Å². The molecule has 1 amide bonds. The third kappa shape index (κ3) is 4.36. The molecule has 1 aromatic carbocycles. The maximum Gasteiger partial charge on any atom is 0.278 e. The third-order valence-corrected chi connectivity index (χ3v) is 9.13. The Morgan fingerprint density at radius 2 is 1.95 bits per heavy atom. The van der Waals surface area contributed by atoms with Gasteiger partial charge in [0.15, 0.2) is 12.3 Å². The topological polar surface area (TPSA) is 115 Å². The quantitative estimate of drug-likeness (QED) is 0.307. The third-order valence-electron chi connectivity index (χ3n) is 9.13. The number of carbonyl (C=O) groups is 1. The fourth-order valence-corrected chi connectivity index (χ4v) is 6.37. The van der Waals surface area contributed by atoms with Crippen molar-refractivity contribution >= 4 is 45.2 Å². The van der Waals surface area contributed by atoms with Gasteiger partial charge in [0.1, 0.15) is 11.1 Å². The van der Waals surface area contributed by atoms with Crippen molar-refractivity contribution < 1.29 is 9.53 Å². The zero-order valence-electron chi connectivity index (χ0n) is 24.7. The number of fused-ring (bicyclic) bond motifs is 6. The van der Waals surface area contributed by atoms with E-state index in [1.165, 1.54) is 18.4 Å². The molecule has 8 rings (SSSR count). The van der Waals surface area contributed by atoms with Crippen LogP contribution >= 0.6 is 0 Å². The van der Waals surface area contributed by atoms with Crippen LogP contribution in [0.2, 0.25) is 0 Å². The smallest absolute Gasteiger partial charge is 0.278 e. The van der Waals surface area contributed by atoms with Gasteiger partial charge in [0.05, 0.1) is 18.4 Å². The number of hydrogen-bond donors (Lipinski definition) is 1. The van der Waals surface area contributed by atoms with E-state index in [9.17, 15) is 9.59 Å². The molecule has 5 aromatic rings. The van der Waals surface area contributed by atoms with Gasteiger partial charge in [-0.2, -0.15) is 4.98 Å². The minimum Gasteiger partial charge on any atom is -0.466 e. The van der Waals surface area contributed by atoms with Crippen LogP contribution in [-0.2, 0) is 17.9 Å². The van der Waals surface area contributed by atoms with Crippen molar-refractivity contribution in [3.8, 4) is 11.6 Å². The maximum absolute atomic E-state index is 13.6. The van der Waals surface area contributed by atoms with Gasteiger partial charge < -0.3 is 24.4 Å². The zero-order chi connectivity index (χ0) is 30.0. The summed E-state index contributed by atoms with van der Waals surface area (Å²) in [5, 5.41) is 4.86. The summed E-state index contributed by atoms with van der Waals surface area (Å²) in [6.45, 7) is 1.85. The van der Waals surface area contributed by atoms with Gasteiger partial charge in [-0.3, -0.25) is 9.59 Å². The first-order chi connectivity index (χ1) is 21.4. The van der Waals surface area contributed by atoms with Crippen molar-refractivity contribution in [3.63, 3.8) is 0 Å². The standard InChI is InChI=1S/C32H33N9O3/c1-37(2)32(10-11-32)20-38-14-9-21-15-22(7-8-25(21)38)35-31-34-18-24-28(36-31)41-23-16-26-29(33-17-23)44-19-27(42)39(26)12-5-3-4-6-13-40(41)30(24)43/h4,6-9,14-18H,3,5,10-13,19-20H2,1-2H3,(H,34,35,36). The van der Waals surface area contributed by atoms with E-state index in [1.54, 1.807) is 26.7 Å². The highest BCUT2D eigenvalue weighted by Gasteiger charge is 2.45. The number of ether oxygens (including phenoxy) is 1. The Bertz CT molecular complexity index is 2030. The number of anilines is 3. The average molecular weight is 592 g/mol. The van der Waals surface area contributed by atoms with Crippen molar-refractivity contribution in [3.05, 3.63) is 71.4 Å². The summed E-state index contributed by atoms with van der Waals surface area (Å²) < 4.78 is 11.3. The van der Waals surface area contributed by atoms with Crippen molar-refractivity contribution in [1.82, 2.24) is 33.8 Å². The molecule has 1 aliphatic carbocycles. The second-order valence-electron chi connectivity index (χ2n) is 12.1. The molecule has 3 aliphatic rings. The van der Waals surface area contributed by atoms with Gasteiger partial charge in [0, 0.05) is 47.6 Å². The van der Waals surface area contributed by atoms with Crippen LogP contribution in [0.4, 0.5) is 17.3 Å². The van der Waals surface area contributed by atoms with Crippen LogP contribution in [0.25, 0.3) is 27.6 Å². The van der Waals surface area contributed by atoms with Gasteiger partial charge >= 0.3 is 0 Å². The van der Waals surface area contributed by atoms with Crippen LogP contribution in [0, 0.1) is 0 Å². The number of allylic oxidation sites excluding steroid dienone is 2. The lowest BCUT2D eigenvalue weighted by Gasteiger charge is -2.29. The van der Waals surface area contributed by atoms with E-state index in [0.717, 1.165) is 30.5 Å². The lowest BCUT2D eigenvalue weighted by atomic mass is 10.2. The maximum atomic E-state index is 13.6. The molecule has 12 nitrogen and oxygen atoms in total. The van der Waals surface area contributed by atoms with Crippen LogP contribution < -0.4 is 20.5 Å². The molecule has 1 saturated carbocycles. The fraction of sp³-hybridized carbons (Fsp3) is 0.344. The molecule has 2 bridgehead atoms. The monoisotopic (exact) mass is 591 g/mol. The van der Waals surface area contributed by atoms with Crippen LogP contribution in [0.3, 0.4) is 0 Å². The van der Waals surface area contributed by atoms with Crippen molar-refractivity contribution in [1.29, 1.82) is 0 Å². The van der Waals surface area contributed by atoms with Crippen molar-refractivity contribution in [2.75, 3.05) is 37.5 Å². The average Bonchev–Trinajstić information content (AvgIpc) is 3.63. The molecule has 1 N–H and O–H groups in total. The predicted molar refractivity (Wildman–Crippen MR) is 168 cm³/mol. The zero-order valence-corrected chi connectivity index (χ0v) is 24.7. The minimum absolute atomic E-state index is 0.0397. The molecular formula is C32H33N9O3. The number of nitrogens with zero attached hydrogens (tertiary/aromatic N) is 8. The second kappa shape index (κ2) is 10.1. The van der Waals surface area contributed by atoms with Crippen LogP contribution in [0.1, 0.15) is 25.7 Å². The molecule has 0 atom stereocenters. The molecule has 44 heavy (non-hydrogen) atoms. The molecular weight excluding hydrogens is 558 g/mol. The Kier molecular flexibility index (Phi) is 6.09. The van der Waals surface area contributed by atoms with Crippen LogP contribution in [0.15, 0.2) is 65.9 Å². The minimum atomic E-state index is -0.205. The molecule has 2 aliphatic heterocycles. The van der Waals surface area contributed by atoms with Gasteiger partial charge in [0.25, 0.3) is 11.5 Å². The molecule has 4 aromatic heterocycles. The molecule has 6 heterocycles. The first-order valence-electron chi connectivity index (χ1n) is 15.0. The molecule has 224 valence electrons. The number of carbonyl (C=O) groups excluding carboxylic acids is 1. The number of amides is 1. The molecule has 0 unspecified atom stereocenters. The summed E-state index contributed by atoms with van der Waals surface area (Å²) in [5.74, 6) is 0.661. The molecule has 12 heteroatoms. The summed E-state index contributed by atoms with van der Waals surface area (Å²) in [6.07, 6.45) is 13.4. The highest BCUT2D eigenvalue weighted by molar-refractivity contribution is 5.97. The van der Waals surface area contributed by atoms with Crippen molar-refractivity contribution in [2.24, 2.45) is 0 Å².